The Balaban J connectivity index is 2.24. The summed E-state index contributed by atoms with van der Waals surface area (Å²) in [7, 11) is 1.61. The van der Waals surface area contributed by atoms with E-state index in [1.165, 1.54) is 6.07 Å². The van der Waals surface area contributed by atoms with Gasteiger partial charge in [0, 0.05) is 22.8 Å². The maximum Gasteiger partial charge on any atom is 0.148 e. The van der Waals surface area contributed by atoms with E-state index in [1.54, 1.807) is 21.0 Å². The molecule has 2 nitrogen and oxygen atoms in total. The summed E-state index contributed by atoms with van der Waals surface area (Å²) in [5.41, 5.74) is 3.38. The Labute approximate surface area is 212 Å². The number of hydrogen-bond donors (Lipinski definition) is 0. The molecule has 0 radical (unpaired) electrons. The van der Waals surface area contributed by atoms with E-state index in [0.29, 0.717) is 53.1 Å². The van der Waals surface area contributed by atoms with Gasteiger partial charge in [-0.05, 0) is 79.6 Å². The standard InChI is InChI=1S/C31H36F3NO/c1-8-11-23(15-21-14-22(10-3)19(5)28(16-21)36-7)31-29(34)24(12-9-2)20(6)30(35-31)25-13-18(4)26(32)17-27(25)33/h10,13-14,16-17,23H,5,8-9,11-12,15H2,1-4,6-7H3/b22-10-. The SMILES string of the molecule is C=c1c(OC)cc(CC(CCC)c2nc(-c3cc(C)c(F)cc3F)c(C)c(CCC)c2F)c/c1=C/C. The average Bonchev–Trinajstić information content (AvgIpc) is 2.85. The number of nitrogens with zero attached hydrogens (tertiary/aromatic N) is 1. The van der Waals surface area contributed by atoms with Gasteiger partial charge in [-0.15, -0.1) is 0 Å². The van der Waals surface area contributed by atoms with Crippen molar-refractivity contribution in [2.24, 2.45) is 0 Å². The zero-order valence-corrected chi connectivity index (χ0v) is 22.2. The second-order valence-corrected chi connectivity index (χ2v) is 9.44. The summed E-state index contributed by atoms with van der Waals surface area (Å²) in [5.74, 6) is -1.16. The predicted octanol–water partition coefficient (Wildman–Crippen LogP) is 7.08. The summed E-state index contributed by atoms with van der Waals surface area (Å²) in [5, 5.41) is 1.78. The van der Waals surface area contributed by atoms with Crippen molar-refractivity contribution >= 4 is 12.7 Å². The number of methoxy groups -OCH3 is 1. The van der Waals surface area contributed by atoms with E-state index in [1.807, 2.05) is 26.0 Å². The van der Waals surface area contributed by atoms with Crippen LogP contribution in [-0.2, 0) is 12.8 Å². The number of rotatable bonds is 9. The molecule has 0 fully saturated rings. The summed E-state index contributed by atoms with van der Waals surface area (Å²) in [6.07, 6.45) is 5.32. The predicted molar refractivity (Wildman–Crippen MR) is 142 cm³/mol. The molecule has 0 N–H and O–H groups in total. The molecular formula is C31H36F3NO. The van der Waals surface area contributed by atoms with Crippen LogP contribution in [-0.4, -0.2) is 12.1 Å². The summed E-state index contributed by atoms with van der Waals surface area (Å²) < 4.78 is 50.5. The van der Waals surface area contributed by atoms with Gasteiger partial charge >= 0.3 is 0 Å². The van der Waals surface area contributed by atoms with Crippen LogP contribution in [0.3, 0.4) is 0 Å². The molecule has 5 heteroatoms. The van der Waals surface area contributed by atoms with E-state index in [-0.39, 0.29) is 17.3 Å². The third kappa shape index (κ3) is 5.50. The molecule has 3 aromatic rings. The van der Waals surface area contributed by atoms with Gasteiger partial charge < -0.3 is 4.74 Å². The average molecular weight is 496 g/mol. The van der Waals surface area contributed by atoms with Gasteiger partial charge in [-0.25, -0.2) is 18.2 Å². The molecule has 1 unspecified atom stereocenters. The van der Waals surface area contributed by atoms with Crippen LogP contribution in [0.5, 0.6) is 5.75 Å². The first kappa shape index (κ1) is 27.5. The summed E-state index contributed by atoms with van der Waals surface area (Å²) in [6, 6.07) is 6.35. The number of aryl methyl sites for hydroxylation is 1. The van der Waals surface area contributed by atoms with Gasteiger partial charge in [-0.1, -0.05) is 45.4 Å². The van der Waals surface area contributed by atoms with Crippen molar-refractivity contribution in [3.63, 3.8) is 0 Å². The van der Waals surface area contributed by atoms with Gasteiger partial charge in [-0.3, -0.25) is 0 Å². The summed E-state index contributed by atoms with van der Waals surface area (Å²) >= 11 is 0. The molecule has 1 atom stereocenters. The first-order valence-corrected chi connectivity index (χ1v) is 12.6. The molecule has 1 heterocycles. The van der Waals surface area contributed by atoms with E-state index in [0.717, 1.165) is 34.9 Å². The fourth-order valence-corrected chi connectivity index (χ4v) is 4.89. The number of hydrogen-bond acceptors (Lipinski definition) is 2. The van der Waals surface area contributed by atoms with Crippen molar-refractivity contribution in [3.05, 3.63) is 80.1 Å². The molecule has 36 heavy (non-hydrogen) atoms. The second kappa shape index (κ2) is 11.8. The minimum atomic E-state index is -0.695. The number of halogens is 3. The van der Waals surface area contributed by atoms with Crippen molar-refractivity contribution in [1.82, 2.24) is 4.98 Å². The van der Waals surface area contributed by atoms with E-state index < -0.39 is 11.6 Å². The molecule has 1 aromatic heterocycles. The Morgan fingerprint density at radius 1 is 1.03 bits per heavy atom. The van der Waals surface area contributed by atoms with E-state index in [4.69, 9.17) is 9.72 Å². The second-order valence-electron chi connectivity index (χ2n) is 9.44. The van der Waals surface area contributed by atoms with E-state index in [9.17, 15) is 8.78 Å². The molecule has 0 saturated carbocycles. The molecule has 0 amide bonds. The molecule has 2 aromatic carbocycles. The fraction of sp³-hybridized carbons (Fsp3) is 0.387. The third-order valence-corrected chi connectivity index (χ3v) is 6.87. The maximum atomic E-state index is 16.0. The van der Waals surface area contributed by atoms with Gasteiger partial charge in [0.2, 0.25) is 0 Å². The van der Waals surface area contributed by atoms with Crippen LogP contribution in [0.15, 0.2) is 24.3 Å². The van der Waals surface area contributed by atoms with Crippen molar-refractivity contribution in [2.75, 3.05) is 7.11 Å². The van der Waals surface area contributed by atoms with Gasteiger partial charge in [0.05, 0.1) is 18.5 Å². The van der Waals surface area contributed by atoms with Crippen molar-refractivity contribution in [3.8, 4) is 17.0 Å². The highest BCUT2D eigenvalue weighted by Crippen LogP contribution is 2.35. The van der Waals surface area contributed by atoms with Gasteiger partial charge in [0.1, 0.15) is 23.2 Å². The molecule has 3 rings (SSSR count). The van der Waals surface area contributed by atoms with Crippen LogP contribution in [0.1, 0.15) is 73.9 Å². The maximum absolute atomic E-state index is 16.0. The Bertz CT molecular complexity index is 1360. The van der Waals surface area contributed by atoms with Crippen molar-refractivity contribution in [2.45, 2.75) is 72.6 Å². The first-order chi connectivity index (χ1) is 17.2. The Morgan fingerprint density at radius 3 is 2.36 bits per heavy atom. The highest BCUT2D eigenvalue weighted by Gasteiger charge is 2.25. The minimum absolute atomic E-state index is 0.200. The molecule has 0 aliphatic rings. The first-order valence-electron chi connectivity index (χ1n) is 12.6. The van der Waals surface area contributed by atoms with Crippen LogP contribution in [0, 0.1) is 31.3 Å². The molecule has 0 saturated heterocycles. The summed E-state index contributed by atoms with van der Waals surface area (Å²) in [6.45, 7) is 13.5. The molecule has 0 aliphatic heterocycles. The van der Waals surface area contributed by atoms with E-state index >= 15 is 4.39 Å². The Morgan fingerprint density at radius 2 is 1.75 bits per heavy atom. The topological polar surface area (TPSA) is 22.1 Å². The Kier molecular flexibility index (Phi) is 8.99. The van der Waals surface area contributed by atoms with Crippen LogP contribution in [0.25, 0.3) is 23.9 Å². The third-order valence-electron chi connectivity index (χ3n) is 6.87. The van der Waals surface area contributed by atoms with Gasteiger partial charge in [-0.2, -0.15) is 0 Å². The minimum Gasteiger partial charge on any atom is -0.496 e. The fourth-order valence-electron chi connectivity index (χ4n) is 4.89. The zero-order valence-electron chi connectivity index (χ0n) is 22.2. The molecule has 0 bridgehead atoms. The lowest BCUT2D eigenvalue weighted by Gasteiger charge is -2.22. The quantitative estimate of drug-likeness (QED) is 0.316. The Hall–Kier alpha value is -3.08. The number of benzene rings is 2. The number of aromatic nitrogens is 1. The van der Waals surface area contributed by atoms with Gasteiger partial charge in [0.15, 0.2) is 0 Å². The molecular weight excluding hydrogens is 459 g/mol. The summed E-state index contributed by atoms with van der Waals surface area (Å²) in [4.78, 5) is 4.75. The largest absolute Gasteiger partial charge is 0.496 e. The van der Waals surface area contributed by atoms with Crippen LogP contribution < -0.4 is 15.2 Å². The molecule has 192 valence electrons. The smallest absolute Gasteiger partial charge is 0.148 e. The lowest BCUT2D eigenvalue weighted by molar-refractivity contribution is 0.410. The molecule has 0 aliphatic carbocycles. The zero-order chi connectivity index (χ0) is 26.6. The highest BCUT2D eigenvalue weighted by molar-refractivity contribution is 5.66. The number of ether oxygens (including phenoxy) is 1. The normalized spacial score (nSPS) is 12.8. The van der Waals surface area contributed by atoms with Crippen LogP contribution >= 0.6 is 0 Å². The number of pyridine rings is 1. The lowest BCUT2D eigenvalue weighted by Crippen LogP contribution is -2.25. The van der Waals surface area contributed by atoms with Crippen LogP contribution in [0.2, 0.25) is 0 Å². The van der Waals surface area contributed by atoms with Crippen molar-refractivity contribution < 1.29 is 17.9 Å². The van der Waals surface area contributed by atoms with Crippen LogP contribution in [0.4, 0.5) is 13.2 Å². The highest BCUT2D eigenvalue weighted by atomic mass is 19.1. The van der Waals surface area contributed by atoms with Crippen molar-refractivity contribution in [1.29, 1.82) is 0 Å². The lowest BCUT2D eigenvalue weighted by atomic mass is 9.87. The monoisotopic (exact) mass is 495 g/mol. The van der Waals surface area contributed by atoms with Gasteiger partial charge in [0.25, 0.3) is 0 Å². The van der Waals surface area contributed by atoms with E-state index in [2.05, 4.69) is 19.6 Å². The molecule has 0 spiro atoms.